The molecule has 0 spiro atoms. The van der Waals surface area contributed by atoms with E-state index >= 15 is 0 Å². The Morgan fingerprint density at radius 2 is 1.72 bits per heavy atom. The van der Waals surface area contributed by atoms with Crippen molar-refractivity contribution in [2.24, 2.45) is 0 Å². The minimum Gasteiger partial charge on any atom is -0.467 e. The Balaban J connectivity index is 1.59. The number of hydrogen-bond donors (Lipinski definition) is 3. The first-order valence-corrected chi connectivity index (χ1v) is 11.7. The SMILES string of the molecule is COC(=O)C(Cc1c[nH]c2ccccc12)NC(=O)c1c(-c2ccccc2)c2cc(Cl)ccc2[nH]c1=O. The Morgan fingerprint density at radius 3 is 2.50 bits per heavy atom. The fraction of sp³-hybridized carbons (Fsp3) is 0.107. The lowest BCUT2D eigenvalue weighted by atomic mass is 9.95. The molecule has 2 aromatic heterocycles. The van der Waals surface area contributed by atoms with Crippen LogP contribution in [0.5, 0.6) is 0 Å². The quantitative estimate of drug-likeness (QED) is 0.291. The summed E-state index contributed by atoms with van der Waals surface area (Å²) in [5, 5.41) is 4.75. The zero-order valence-corrected chi connectivity index (χ0v) is 20.1. The van der Waals surface area contributed by atoms with E-state index in [1.807, 2.05) is 54.6 Å². The number of rotatable bonds is 6. The van der Waals surface area contributed by atoms with Crippen molar-refractivity contribution in [3.63, 3.8) is 0 Å². The van der Waals surface area contributed by atoms with Crippen molar-refractivity contribution in [1.29, 1.82) is 0 Å². The van der Waals surface area contributed by atoms with Crippen molar-refractivity contribution in [2.45, 2.75) is 12.5 Å². The number of amides is 1. The van der Waals surface area contributed by atoms with Gasteiger partial charge in [-0.1, -0.05) is 60.1 Å². The number of nitrogens with one attached hydrogen (secondary N) is 3. The first kappa shape index (κ1) is 23.4. The van der Waals surface area contributed by atoms with Crippen molar-refractivity contribution < 1.29 is 14.3 Å². The van der Waals surface area contributed by atoms with Gasteiger partial charge >= 0.3 is 5.97 Å². The number of hydrogen-bond acceptors (Lipinski definition) is 4. The number of carbonyl (C=O) groups excluding carboxylic acids is 2. The number of ether oxygens (including phenoxy) is 1. The predicted octanol–water partition coefficient (Wildman–Crippen LogP) is 4.84. The first-order valence-electron chi connectivity index (χ1n) is 11.3. The Bertz CT molecular complexity index is 1660. The number of fused-ring (bicyclic) bond motifs is 2. The van der Waals surface area contributed by atoms with Crippen molar-refractivity contribution in [3.8, 4) is 11.1 Å². The number of esters is 1. The number of carbonyl (C=O) groups is 2. The third kappa shape index (κ3) is 4.36. The molecule has 0 radical (unpaired) electrons. The van der Waals surface area contributed by atoms with Crippen LogP contribution in [0, 0.1) is 0 Å². The number of aromatic nitrogens is 2. The second kappa shape index (κ2) is 9.71. The Kier molecular flexibility index (Phi) is 6.31. The van der Waals surface area contributed by atoms with Gasteiger partial charge in [-0.15, -0.1) is 0 Å². The fourth-order valence-corrected chi connectivity index (χ4v) is 4.65. The molecule has 3 aromatic carbocycles. The van der Waals surface area contributed by atoms with Crippen LogP contribution in [0.15, 0.2) is 83.8 Å². The second-order valence-corrected chi connectivity index (χ2v) is 8.81. The molecule has 1 atom stereocenters. The van der Waals surface area contributed by atoms with E-state index in [-0.39, 0.29) is 12.0 Å². The number of halogens is 1. The van der Waals surface area contributed by atoms with Gasteiger partial charge in [0.25, 0.3) is 11.5 Å². The van der Waals surface area contributed by atoms with E-state index in [1.165, 1.54) is 7.11 Å². The lowest BCUT2D eigenvalue weighted by Gasteiger charge is -2.18. The molecule has 0 aliphatic carbocycles. The van der Waals surface area contributed by atoms with Crippen LogP contribution >= 0.6 is 11.6 Å². The van der Waals surface area contributed by atoms with Crippen LogP contribution in [0.4, 0.5) is 0 Å². The fourth-order valence-electron chi connectivity index (χ4n) is 4.47. The molecule has 0 aliphatic heterocycles. The monoisotopic (exact) mass is 499 g/mol. The molecule has 0 aliphatic rings. The molecule has 0 fully saturated rings. The molecule has 7 nitrogen and oxygen atoms in total. The summed E-state index contributed by atoms with van der Waals surface area (Å²) in [4.78, 5) is 45.4. The average Bonchev–Trinajstić information content (AvgIpc) is 3.30. The van der Waals surface area contributed by atoms with Crippen LogP contribution < -0.4 is 10.9 Å². The third-order valence-corrected chi connectivity index (χ3v) is 6.39. The van der Waals surface area contributed by atoms with Gasteiger partial charge < -0.3 is 20.0 Å². The Morgan fingerprint density at radius 1 is 0.972 bits per heavy atom. The van der Waals surface area contributed by atoms with E-state index in [4.69, 9.17) is 16.3 Å². The van der Waals surface area contributed by atoms with E-state index in [1.54, 1.807) is 24.4 Å². The smallest absolute Gasteiger partial charge is 0.328 e. The van der Waals surface area contributed by atoms with Crippen molar-refractivity contribution in [3.05, 3.63) is 105 Å². The van der Waals surface area contributed by atoms with Crippen LogP contribution in [0.1, 0.15) is 15.9 Å². The van der Waals surface area contributed by atoms with Gasteiger partial charge in [0.2, 0.25) is 0 Å². The summed E-state index contributed by atoms with van der Waals surface area (Å²) in [6.07, 6.45) is 1.98. The third-order valence-electron chi connectivity index (χ3n) is 6.16. The summed E-state index contributed by atoms with van der Waals surface area (Å²) in [6, 6.07) is 20.8. The van der Waals surface area contributed by atoms with Gasteiger partial charge in [0, 0.05) is 45.0 Å². The van der Waals surface area contributed by atoms with Gasteiger partial charge in [-0.3, -0.25) is 9.59 Å². The number of para-hydroxylation sites is 1. The average molecular weight is 500 g/mol. The highest BCUT2D eigenvalue weighted by atomic mass is 35.5. The van der Waals surface area contributed by atoms with E-state index in [2.05, 4.69) is 15.3 Å². The predicted molar refractivity (Wildman–Crippen MR) is 140 cm³/mol. The zero-order valence-electron chi connectivity index (χ0n) is 19.3. The van der Waals surface area contributed by atoms with E-state index < -0.39 is 23.5 Å². The minimum atomic E-state index is -1.01. The summed E-state index contributed by atoms with van der Waals surface area (Å²) < 4.78 is 4.97. The van der Waals surface area contributed by atoms with Gasteiger partial charge in [0.1, 0.15) is 11.6 Å². The van der Waals surface area contributed by atoms with Gasteiger partial charge in [-0.05, 0) is 35.4 Å². The lowest BCUT2D eigenvalue weighted by molar-refractivity contribution is -0.142. The topological polar surface area (TPSA) is 104 Å². The molecule has 8 heteroatoms. The largest absolute Gasteiger partial charge is 0.467 e. The highest BCUT2D eigenvalue weighted by Gasteiger charge is 2.27. The molecule has 0 saturated heterocycles. The zero-order chi connectivity index (χ0) is 25.2. The lowest BCUT2D eigenvalue weighted by Crippen LogP contribution is -2.44. The van der Waals surface area contributed by atoms with Crippen molar-refractivity contribution >= 4 is 45.3 Å². The number of methoxy groups -OCH3 is 1. The molecular formula is C28H22ClN3O4. The van der Waals surface area contributed by atoms with Crippen molar-refractivity contribution in [1.82, 2.24) is 15.3 Å². The molecular weight excluding hydrogens is 478 g/mol. The second-order valence-electron chi connectivity index (χ2n) is 8.37. The molecule has 36 heavy (non-hydrogen) atoms. The van der Waals surface area contributed by atoms with Crippen LogP contribution in [-0.4, -0.2) is 35.0 Å². The summed E-state index contributed by atoms with van der Waals surface area (Å²) in [5.41, 5.74) is 2.72. The maximum absolute atomic E-state index is 13.6. The molecule has 0 saturated carbocycles. The van der Waals surface area contributed by atoms with Crippen LogP contribution in [0.3, 0.4) is 0 Å². The molecule has 180 valence electrons. The van der Waals surface area contributed by atoms with Crippen LogP contribution in [0.2, 0.25) is 5.02 Å². The molecule has 1 unspecified atom stereocenters. The number of H-pyrrole nitrogens is 2. The van der Waals surface area contributed by atoms with Gasteiger partial charge in [0.15, 0.2) is 0 Å². The normalized spacial score (nSPS) is 11.9. The standard InChI is InChI=1S/C28H22ClN3O4/c1-36-28(35)23(13-17-15-30-21-10-6-5-9-19(17)21)32-27(34)25-24(16-7-3-2-4-8-16)20-14-18(29)11-12-22(20)31-26(25)33/h2-12,14-15,23,30H,13H2,1H3,(H,31,33)(H,32,34). The maximum atomic E-state index is 13.6. The van der Waals surface area contributed by atoms with E-state index in [0.717, 1.165) is 16.5 Å². The van der Waals surface area contributed by atoms with Gasteiger partial charge in [-0.2, -0.15) is 0 Å². The minimum absolute atomic E-state index is 0.108. The number of benzene rings is 3. The van der Waals surface area contributed by atoms with E-state index in [9.17, 15) is 14.4 Å². The molecule has 2 heterocycles. The summed E-state index contributed by atoms with van der Waals surface area (Å²) in [6.45, 7) is 0. The van der Waals surface area contributed by atoms with Crippen LogP contribution in [-0.2, 0) is 16.0 Å². The Hall–Kier alpha value is -4.36. The summed E-state index contributed by atoms with van der Waals surface area (Å²) in [5.74, 6) is -1.30. The van der Waals surface area contributed by atoms with Crippen molar-refractivity contribution in [2.75, 3.05) is 7.11 Å². The Labute approximate surface area is 211 Å². The number of pyridine rings is 1. The molecule has 3 N–H and O–H groups in total. The summed E-state index contributed by atoms with van der Waals surface area (Å²) in [7, 11) is 1.26. The maximum Gasteiger partial charge on any atom is 0.328 e. The van der Waals surface area contributed by atoms with Gasteiger partial charge in [-0.25, -0.2) is 4.79 Å². The highest BCUT2D eigenvalue weighted by molar-refractivity contribution is 6.31. The van der Waals surface area contributed by atoms with E-state index in [0.29, 0.717) is 27.1 Å². The highest BCUT2D eigenvalue weighted by Crippen LogP contribution is 2.31. The number of aromatic amines is 2. The van der Waals surface area contributed by atoms with Gasteiger partial charge in [0.05, 0.1) is 7.11 Å². The first-order chi connectivity index (χ1) is 17.5. The van der Waals surface area contributed by atoms with Crippen LogP contribution in [0.25, 0.3) is 32.9 Å². The molecule has 1 amide bonds. The molecule has 5 rings (SSSR count). The molecule has 5 aromatic rings. The summed E-state index contributed by atoms with van der Waals surface area (Å²) >= 11 is 6.27. The molecule has 0 bridgehead atoms.